The second kappa shape index (κ2) is 4.66. The van der Waals surface area contributed by atoms with E-state index in [0.29, 0.717) is 28.7 Å². The standard InChI is InChI=1S/C14H18FN3O/c1-8-11(13(19)17-7-14(2,3)16)9-5-4-6-10(15)12(9)18-8/h4-6,18H,7,16H2,1-3H3,(H,17,19). The fraction of sp³-hybridized carbons (Fsp3) is 0.357. The van der Waals surface area contributed by atoms with Crippen LogP contribution in [0.25, 0.3) is 10.9 Å². The number of carbonyl (C=O) groups is 1. The van der Waals surface area contributed by atoms with E-state index in [2.05, 4.69) is 10.3 Å². The number of fused-ring (bicyclic) bond motifs is 1. The molecule has 0 bridgehead atoms. The Morgan fingerprint density at radius 3 is 2.79 bits per heavy atom. The van der Waals surface area contributed by atoms with Crippen molar-refractivity contribution in [2.75, 3.05) is 6.54 Å². The third-order valence-electron chi connectivity index (χ3n) is 2.90. The quantitative estimate of drug-likeness (QED) is 0.793. The zero-order valence-electron chi connectivity index (χ0n) is 11.3. The van der Waals surface area contributed by atoms with Gasteiger partial charge in [-0.25, -0.2) is 4.39 Å². The summed E-state index contributed by atoms with van der Waals surface area (Å²) in [6.45, 7) is 5.76. The number of aromatic nitrogens is 1. The number of aryl methyl sites for hydroxylation is 1. The van der Waals surface area contributed by atoms with Crippen LogP contribution in [0.4, 0.5) is 4.39 Å². The van der Waals surface area contributed by atoms with E-state index < -0.39 is 5.54 Å². The average molecular weight is 263 g/mol. The van der Waals surface area contributed by atoms with Gasteiger partial charge in [-0.05, 0) is 26.8 Å². The zero-order valence-corrected chi connectivity index (χ0v) is 11.3. The van der Waals surface area contributed by atoms with Gasteiger partial charge in [-0.3, -0.25) is 4.79 Å². The highest BCUT2D eigenvalue weighted by Crippen LogP contribution is 2.24. The molecule has 1 amide bonds. The molecule has 0 saturated carbocycles. The summed E-state index contributed by atoms with van der Waals surface area (Å²) in [6.07, 6.45) is 0. The maximum Gasteiger partial charge on any atom is 0.253 e. The average Bonchev–Trinajstić information content (AvgIpc) is 2.63. The van der Waals surface area contributed by atoms with Crippen LogP contribution >= 0.6 is 0 Å². The topological polar surface area (TPSA) is 70.9 Å². The lowest BCUT2D eigenvalue weighted by Crippen LogP contribution is -2.45. The number of halogens is 1. The molecule has 4 nitrogen and oxygen atoms in total. The Morgan fingerprint density at radius 2 is 2.16 bits per heavy atom. The molecule has 5 heteroatoms. The van der Waals surface area contributed by atoms with Gasteiger partial charge in [0.05, 0.1) is 11.1 Å². The van der Waals surface area contributed by atoms with Gasteiger partial charge in [0.15, 0.2) is 0 Å². The molecule has 0 unspecified atom stereocenters. The van der Waals surface area contributed by atoms with Crippen molar-refractivity contribution in [2.45, 2.75) is 26.3 Å². The van der Waals surface area contributed by atoms with Crippen LogP contribution in [0, 0.1) is 12.7 Å². The summed E-state index contributed by atoms with van der Waals surface area (Å²) >= 11 is 0. The molecule has 0 aliphatic rings. The predicted molar refractivity (Wildman–Crippen MR) is 73.6 cm³/mol. The minimum atomic E-state index is -0.485. The number of benzene rings is 1. The maximum absolute atomic E-state index is 13.6. The van der Waals surface area contributed by atoms with E-state index in [4.69, 9.17) is 5.73 Å². The number of rotatable bonds is 3. The smallest absolute Gasteiger partial charge is 0.253 e. The molecule has 1 aromatic heterocycles. The molecule has 19 heavy (non-hydrogen) atoms. The molecule has 0 radical (unpaired) electrons. The van der Waals surface area contributed by atoms with E-state index in [0.717, 1.165) is 0 Å². The monoisotopic (exact) mass is 263 g/mol. The van der Waals surface area contributed by atoms with Crippen molar-refractivity contribution in [1.82, 2.24) is 10.3 Å². The highest BCUT2D eigenvalue weighted by atomic mass is 19.1. The van der Waals surface area contributed by atoms with Crippen molar-refractivity contribution >= 4 is 16.8 Å². The molecule has 102 valence electrons. The fourth-order valence-corrected chi connectivity index (χ4v) is 2.00. The van der Waals surface area contributed by atoms with E-state index in [1.807, 2.05) is 13.8 Å². The van der Waals surface area contributed by atoms with Gasteiger partial charge < -0.3 is 16.0 Å². The van der Waals surface area contributed by atoms with Crippen LogP contribution in [0.2, 0.25) is 0 Å². The molecule has 0 fully saturated rings. The largest absolute Gasteiger partial charge is 0.356 e. The molecule has 0 aliphatic carbocycles. The number of para-hydroxylation sites is 1. The Labute approximate surface area is 111 Å². The molecule has 2 aromatic rings. The number of amides is 1. The summed E-state index contributed by atoms with van der Waals surface area (Å²) in [5.41, 5.74) is 6.82. The van der Waals surface area contributed by atoms with Crippen LogP contribution in [0.5, 0.6) is 0 Å². The third kappa shape index (κ3) is 2.76. The first-order chi connectivity index (χ1) is 8.79. The molecule has 0 atom stereocenters. The molecular formula is C14H18FN3O. The Morgan fingerprint density at radius 1 is 1.47 bits per heavy atom. The number of hydrogen-bond acceptors (Lipinski definition) is 2. The van der Waals surface area contributed by atoms with Crippen molar-refractivity contribution in [3.63, 3.8) is 0 Å². The highest BCUT2D eigenvalue weighted by Gasteiger charge is 2.19. The van der Waals surface area contributed by atoms with Crippen LogP contribution in [0.15, 0.2) is 18.2 Å². The first-order valence-electron chi connectivity index (χ1n) is 6.13. The molecular weight excluding hydrogens is 245 g/mol. The van der Waals surface area contributed by atoms with Gasteiger partial charge in [-0.2, -0.15) is 0 Å². The lowest BCUT2D eigenvalue weighted by molar-refractivity contribution is 0.0947. The van der Waals surface area contributed by atoms with E-state index in [-0.39, 0.29) is 11.7 Å². The van der Waals surface area contributed by atoms with Gasteiger partial charge in [-0.1, -0.05) is 12.1 Å². The van der Waals surface area contributed by atoms with E-state index in [9.17, 15) is 9.18 Å². The lowest BCUT2D eigenvalue weighted by Gasteiger charge is -2.18. The van der Waals surface area contributed by atoms with Gasteiger partial charge in [0.2, 0.25) is 0 Å². The number of carbonyl (C=O) groups excluding carboxylic acids is 1. The van der Waals surface area contributed by atoms with Crippen LogP contribution in [-0.4, -0.2) is 23.0 Å². The van der Waals surface area contributed by atoms with E-state index in [1.165, 1.54) is 6.07 Å². The highest BCUT2D eigenvalue weighted by molar-refractivity contribution is 6.08. The first kappa shape index (κ1) is 13.5. The van der Waals surface area contributed by atoms with Crippen molar-refractivity contribution in [2.24, 2.45) is 5.73 Å². The molecule has 1 heterocycles. The van der Waals surface area contributed by atoms with Crippen LogP contribution in [-0.2, 0) is 0 Å². The minimum Gasteiger partial charge on any atom is -0.356 e. The zero-order chi connectivity index (χ0) is 14.2. The van der Waals surface area contributed by atoms with Gasteiger partial charge in [-0.15, -0.1) is 0 Å². The minimum absolute atomic E-state index is 0.243. The van der Waals surface area contributed by atoms with Crippen LogP contribution in [0.1, 0.15) is 29.9 Å². The van der Waals surface area contributed by atoms with Gasteiger partial charge in [0.25, 0.3) is 5.91 Å². The number of nitrogens with one attached hydrogen (secondary N) is 2. The number of hydrogen-bond donors (Lipinski definition) is 3. The summed E-state index contributed by atoms with van der Waals surface area (Å²) in [6, 6.07) is 4.68. The molecule has 1 aromatic carbocycles. The lowest BCUT2D eigenvalue weighted by atomic mass is 10.1. The molecule has 0 aliphatic heterocycles. The van der Waals surface area contributed by atoms with Crippen molar-refractivity contribution in [1.29, 1.82) is 0 Å². The first-order valence-corrected chi connectivity index (χ1v) is 6.13. The predicted octanol–water partition coefficient (Wildman–Crippen LogP) is 2.08. The second-order valence-electron chi connectivity index (χ2n) is 5.46. The van der Waals surface area contributed by atoms with E-state index >= 15 is 0 Å². The molecule has 4 N–H and O–H groups in total. The normalized spacial score (nSPS) is 11.8. The Kier molecular flexibility index (Phi) is 3.32. The van der Waals surface area contributed by atoms with Gasteiger partial charge >= 0.3 is 0 Å². The summed E-state index contributed by atoms with van der Waals surface area (Å²) in [7, 11) is 0. The van der Waals surface area contributed by atoms with Crippen LogP contribution < -0.4 is 11.1 Å². The number of nitrogens with two attached hydrogens (primary N) is 1. The Hall–Kier alpha value is -1.88. The van der Waals surface area contributed by atoms with Gasteiger partial charge in [0.1, 0.15) is 5.82 Å². The summed E-state index contributed by atoms with van der Waals surface area (Å²) in [5.74, 6) is -0.605. The van der Waals surface area contributed by atoms with Gasteiger partial charge in [0, 0.05) is 23.2 Å². The van der Waals surface area contributed by atoms with Crippen molar-refractivity contribution < 1.29 is 9.18 Å². The van der Waals surface area contributed by atoms with Crippen molar-refractivity contribution in [3.8, 4) is 0 Å². The summed E-state index contributed by atoms with van der Waals surface area (Å²) < 4.78 is 13.6. The molecule has 2 rings (SSSR count). The number of H-pyrrole nitrogens is 1. The Bertz CT molecular complexity index is 625. The maximum atomic E-state index is 13.6. The molecule has 0 spiro atoms. The van der Waals surface area contributed by atoms with Crippen molar-refractivity contribution in [3.05, 3.63) is 35.3 Å². The fourth-order valence-electron chi connectivity index (χ4n) is 2.00. The number of aromatic amines is 1. The Balaban J connectivity index is 2.37. The summed E-state index contributed by atoms with van der Waals surface area (Å²) in [5, 5.41) is 3.36. The summed E-state index contributed by atoms with van der Waals surface area (Å²) in [4.78, 5) is 15.1. The third-order valence-corrected chi connectivity index (χ3v) is 2.90. The SMILES string of the molecule is Cc1[nH]c2c(F)cccc2c1C(=O)NCC(C)(C)N. The van der Waals surface area contributed by atoms with Crippen LogP contribution in [0.3, 0.4) is 0 Å². The molecule has 0 saturated heterocycles. The van der Waals surface area contributed by atoms with E-state index in [1.54, 1.807) is 19.1 Å². The second-order valence-corrected chi connectivity index (χ2v) is 5.46.